The van der Waals surface area contributed by atoms with Crippen LogP contribution >= 0.6 is 0 Å². The maximum Gasteiger partial charge on any atom is 0.306 e. The second kappa shape index (κ2) is 6.83. The highest BCUT2D eigenvalue weighted by Gasteiger charge is 2.24. The Hall–Kier alpha value is -2.68. The van der Waals surface area contributed by atoms with Gasteiger partial charge in [-0.3, -0.25) is 24.5 Å². The predicted molar refractivity (Wildman–Crippen MR) is 84.7 cm³/mol. The van der Waals surface area contributed by atoms with Crippen molar-refractivity contribution >= 4 is 11.6 Å². The van der Waals surface area contributed by atoms with Gasteiger partial charge in [0.15, 0.2) is 5.76 Å². The first kappa shape index (κ1) is 16.2. The van der Waals surface area contributed by atoms with E-state index in [4.69, 9.17) is 4.42 Å². The Kier molecular flexibility index (Phi) is 4.61. The van der Waals surface area contributed by atoms with Crippen LogP contribution in [0.3, 0.4) is 0 Å². The summed E-state index contributed by atoms with van der Waals surface area (Å²) in [5.74, 6) is 1.03. The number of hydrogen-bond acceptors (Lipinski definition) is 6. The molecule has 0 radical (unpaired) electrons. The van der Waals surface area contributed by atoms with Crippen LogP contribution in [0.25, 0.3) is 0 Å². The van der Waals surface area contributed by atoms with Gasteiger partial charge in [-0.05, 0) is 19.1 Å². The highest BCUT2D eigenvalue weighted by Crippen LogP contribution is 2.12. The molecular formula is C15H19N5O4. The second-order valence-corrected chi connectivity index (χ2v) is 5.76. The molecule has 0 aliphatic carbocycles. The molecule has 0 atom stereocenters. The summed E-state index contributed by atoms with van der Waals surface area (Å²) < 4.78 is 6.95. The van der Waals surface area contributed by atoms with Crippen LogP contribution in [0.1, 0.15) is 16.3 Å². The van der Waals surface area contributed by atoms with E-state index in [1.54, 1.807) is 21.7 Å². The van der Waals surface area contributed by atoms with Crippen LogP contribution in [0.5, 0.6) is 0 Å². The Morgan fingerprint density at radius 1 is 1.29 bits per heavy atom. The summed E-state index contributed by atoms with van der Waals surface area (Å²) in [4.78, 5) is 26.5. The van der Waals surface area contributed by atoms with Crippen molar-refractivity contribution in [3.63, 3.8) is 0 Å². The molecule has 1 fully saturated rings. The summed E-state index contributed by atoms with van der Waals surface area (Å²) in [6.45, 7) is 5.92. The van der Waals surface area contributed by atoms with Crippen molar-refractivity contribution in [1.29, 1.82) is 0 Å². The lowest BCUT2D eigenvalue weighted by Gasteiger charge is -2.34. The number of hydrogen-bond donors (Lipinski definition) is 0. The van der Waals surface area contributed by atoms with Gasteiger partial charge in [-0.25, -0.2) is 0 Å². The van der Waals surface area contributed by atoms with Gasteiger partial charge in [0.2, 0.25) is 0 Å². The molecule has 9 nitrogen and oxygen atoms in total. The molecular weight excluding hydrogens is 314 g/mol. The van der Waals surface area contributed by atoms with Crippen LogP contribution in [0.15, 0.2) is 28.9 Å². The number of amides is 1. The first-order chi connectivity index (χ1) is 11.5. The van der Waals surface area contributed by atoms with Crippen LogP contribution in [0.4, 0.5) is 5.69 Å². The van der Waals surface area contributed by atoms with Crippen LogP contribution in [-0.4, -0.2) is 63.1 Å². The van der Waals surface area contributed by atoms with E-state index in [0.717, 1.165) is 25.4 Å². The van der Waals surface area contributed by atoms with Gasteiger partial charge < -0.3 is 9.32 Å². The molecule has 0 bridgehead atoms. The van der Waals surface area contributed by atoms with Crippen molar-refractivity contribution in [3.05, 3.63) is 46.2 Å². The molecule has 9 heteroatoms. The second-order valence-electron chi connectivity index (χ2n) is 5.76. The van der Waals surface area contributed by atoms with Gasteiger partial charge in [0.05, 0.1) is 11.5 Å². The van der Waals surface area contributed by atoms with Gasteiger partial charge in [0.25, 0.3) is 5.91 Å². The standard InChI is InChI=1S/C15H19N5O4/c1-12-2-3-14(24-12)15(21)18-7-4-17(5-8-18)6-9-19-11-13(10-16-19)20(22)23/h2-3,10-11H,4-9H2,1H3. The zero-order valence-corrected chi connectivity index (χ0v) is 13.4. The van der Waals surface area contributed by atoms with Gasteiger partial charge in [-0.2, -0.15) is 5.10 Å². The molecule has 0 saturated carbocycles. The molecule has 24 heavy (non-hydrogen) atoms. The van der Waals surface area contributed by atoms with Crippen LogP contribution in [0.2, 0.25) is 0 Å². The van der Waals surface area contributed by atoms with Gasteiger partial charge in [0, 0.05) is 32.7 Å². The van der Waals surface area contributed by atoms with Crippen LogP contribution in [0, 0.1) is 17.0 Å². The topological polar surface area (TPSA) is 97.7 Å². The predicted octanol–water partition coefficient (Wildman–Crippen LogP) is 1.15. The quantitative estimate of drug-likeness (QED) is 0.601. The van der Waals surface area contributed by atoms with Crippen molar-refractivity contribution in [3.8, 4) is 0 Å². The Balaban J connectivity index is 1.46. The van der Waals surface area contributed by atoms with Gasteiger partial charge >= 0.3 is 5.69 Å². The minimum Gasteiger partial charge on any atom is -0.456 e. The minimum absolute atomic E-state index is 0.000780. The highest BCUT2D eigenvalue weighted by molar-refractivity contribution is 5.91. The fourth-order valence-electron chi connectivity index (χ4n) is 2.69. The summed E-state index contributed by atoms with van der Waals surface area (Å²) in [6.07, 6.45) is 2.68. The molecule has 1 saturated heterocycles. The summed E-state index contributed by atoms with van der Waals surface area (Å²) in [5.41, 5.74) is -0.000780. The van der Waals surface area contributed by atoms with Gasteiger partial charge in [-0.1, -0.05) is 0 Å². The fraction of sp³-hybridized carbons (Fsp3) is 0.467. The summed E-state index contributed by atoms with van der Waals surface area (Å²) in [6, 6.07) is 3.49. The summed E-state index contributed by atoms with van der Waals surface area (Å²) in [5, 5.41) is 14.6. The number of aryl methyl sites for hydroxylation is 1. The van der Waals surface area contributed by atoms with Crippen LogP contribution < -0.4 is 0 Å². The lowest BCUT2D eigenvalue weighted by atomic mass is 10.3. The van der Waals surface area contributed by atoms with E-state index in [-0.39, 0.29) is 11.6 Å². The van der Waals surface area contributed by atoms with Crippen molar-refractivity contribution < 1.29 is 14.1 Å². The van der Waals surface area contributed by atoms with Gasteiger partial charge in [-0.15, -0.1) is 0 Å². The van der Waals surface area contributed by atoms with Crippen molar-refractivity contribution in [2.45, 2.75) is 13.5 Å². The highest BCUT2D eigenvalue weighted by atomic mass is 16.6. The number of piperazine rings is 1. The normalized spacial score (nSPS) is 15.6. The van der Waals surface area contributed by atoms with E-state index in [9.17, 15) is 14.9 Å². The van der Waals surface area contributed by atoms with E-state index < -0.39 is 4.92 Å². The fourth-order valence-corrected chi connectivity index (χ4v) is 2.69. The van der Waals surface area contributed by atoms with E-state index in [1.165, 1.54) is 12.4 Å². The van der Waals surface area contributed by atoms with E-state index in [1.807, 2.05) is 6.92 Å². The monoisotopic (exact) mass is 333 g/mol. The largest absolute Gasteiger partial charge is 0.456 e. The Bertz CT molecular complexity index is 730. The third-order valence-corrected chi connectivity index (χ3v) is 4.09. The average molecular weight is 333 g/mol. The van der Waals surface area contributed by atoms with Crippen molar-refractivity contribution in [2.75, 3.05) is 32.7 Å². The molecule has 0 unspecified atom stereocenters. The third-order valence-electron chi connectivity index (χ3n) is 4.09. The molecule has 0 spiro atoms. The van der Waals surface area contributed by atoms with Gasteiger partial charge in [0.1, 0.15) is 18.2 Å². The molecule has 3 rings (SSSR count). The number of nitrogens with zero attached hydrogens (tertiary/aromatic N) is 5. The molecule has 128 valence electrons. The lowest BCUT2D eigenvalue weighted by Crippen LogP contribution is -2.49. The number of aromatic nitrogens is 2. The number of furan rings is 1. The van der Waals surface area contributed by atoms with Crippen molar-refractivity contribution in [2.24, 2.45) is 0 Å². The zero-order valence-electron chi connectivity index (χ0n) is 13.4. The molecule has 1 aliphatic heterocycles. The summed E-state index contributed by atoms with van der Waals surface area (Å²) >= 11 is 0. The average Bonchev–Trinajstić information content (AvgIpc) is 3.22. The zero-order chi connectivity index (χ0) is 17.1. The number of nitro groups is 1. The Morgan fingerprint density at radius 2 is 2.04 bits per heavy atom. The SMILES string of the molecule is Cc1ccc(C(=O)N2CCN(CCn3cc([N+](=O)[O-])cn3)CC2)o1. The molecule has 3 heterocycles. The molecule has 1 amide bonds. The molecule has 0 N–H and O–H groups in total. The number of carbonyl (C=O) groups is 1. The maximum atomic E-state index is 12.3. The first-order valence-electron chi connectivity index (χ1n) is 7.78. The smallest absolute Gasteiger partial charge is 0.306 e. The lowest BCUT2D eigenvalue weighted by molar-refractivity contribution is -0.385. The molecule has 1 aliphatic rings. The number of rotatable bonds is 5. The molecule has 2 aromatic heterocycles. The molecule has 0 aromatic carbocycles. The Labute approximate surface area is 138 Å². The van der Waals surface area contributed by atoms with E-state index in [2.05, 4.69) is 10.00 Å². The van der Waals surface area contributed by atoms with Crippen molar-refractivity contribution in [1.82, 2.24) is 19.6 Å². The maximum absolute atomic E-state index is 12.3. The van der Waals surface area contributed by atoms with E-state index >= 15 is 0 Å². The van der Waals surface area contributed by atoms with Crippen LogP contribution in [-0.2, 0) is 6.54 Å². The molecule has 2 aromatic rings. The first-order valence-corrected chi connectivity index (χ1v) is 7.78. The summed E-state index contributed by atoms with van der Waals surface area (Å²) in [7, 11) is 0. The minimum atomic E-state index is -0.454. The van der Waals surface area contributed by atoms with E-state index in [0.29, 0.717) is 25.4 Å². The third kappa shape index (κ3) is 3.62. The Morgan fingerprint density at radius 3 is 2.62 bits per heavy atom. The number of carbonyl (C=O) groups excluding carboxylic acids is 1.